The van der Waals surface area contributed by atoms with Gasteiger partial charge in [0.05, 0.1) is 22.4 Å². The molecule has 2 aromatic carbocycles. The van der Waals surface area contributed by atoms with E-state index in [-0.39, 0.29) is 34.8 Å². The molecule has 3 N–H and O–H groups in total. The molecular weight excluding hydrogens is 471 g/mol. The van der Waals surface area contributed by atoms with Crippen molar-refractivity contribution in [2.75, 3.05) is 32.7 Å². The van der Waals surface area contributed by atoms with Crippen LogP contribution in [0.15, 0.2) is 58.3 Å². The number of rotatable bonds is 7. The SMILES string of the molecule is C[C@H](NC(=O)CN1CCCN(S(=O)(=O)c2ccc(F)cc2)CC1)c1ccc(S(N)(=O)=O)cc1. The number of carbonyl (C=O) groups is 1. The molecule has 0 aromatic heterocycles. The number of nitrogens with one attached hydrogen (secondary N) is 1. The van der Waals surface area contributed by atoms with Gasteiger partial charge in [0.2, 0.25) is 26.0 Å². The molecule has 33 heavy (non-hydrogen) atoms. The molecule has 1 aliphatic rings. The van der Waals surface area contributed by atoms with Crippen molar-refractivity contribution >= 4 is 26.0 Å². The first-order chi connectivity index (χ1) is 15.5. The molecule has 0 unspecified atom stereocenters. The second kappa shape index (κ2) is 10.3. The Labute approximate surface area is 193 Å². The lowest BCUT2D eigenvalue weighted by atomic mass is 10.1. The molecule has 0 bridgehead atoms. The van der Waals surface area contributed by atoms with Crippen molar-refractivity contribution in [3.8, 4) is 0 Å². The highest BCUT2D eigenvalue weighted by Crippen LogP contribution is 2.19. The Bertz CT molecular complexity index is 1190. The molecule has 2 aromatic rings. The van der Waals surface area contributed by atoms with Gasteiger partial charge in [-0.05, 0) is 61.9 Å². The topological polar surface area (TPSA) is 130 Å². The Morgan fingerprint density at radius 1 is 0.970 bits per heavy atom. The summed E-state index contributed by atoms with van der Waals surface area (Å²) < 4.78 is 62.9. The second-order valence-electron chi connectivity index (χ2n) is 7.89. The minimum absolute atomic E-state index is 0.00510. The van der Waals surface area contributed by atoms with Crippen LogP contribution in [0.2, 0.25) is 0 Å². The predicted molar refractivity (Wildman–Crippen MR) is 121 cm³/mol. The second-order valence-corrected chi connectivity index (χ2v) is 11.4. The van der Waals surface area contributed by atoms with E-state index in [0.717, 1.165) is 17.7 Å². The number of hydrogen-bond acceptors (Lipinski definition) is 6. The van der Waals surface area contributed by atoms with E-state index in [4.69, 9.17) is 5.14 Å². The van der Waals surface area contributed by atoms with Gasteiger partial charge in [-0.2, -0.15) is 4.31 Å². The molecule has 0 saturated carbocycles. The summed E-state index contributed by atoms with van der Waals surface area (Å²) in [5, 5.41) is 7.96. The van der Waals surface area contributed by atoms with Gasteiger partial charge in [0.15, 0.2) is 0 Å². The first-order valence-corrected chi connectivity index (χ1v) is 13.4. The number of nitrogens with two attached hydrogens (primary N) is 1. The molecule has 0 spiro atoms. The molecule has 1 fully saturated rings. The number of sulfonamides is 2. The third kappa shape index (κ3) is 6.58. The molecule has 12 heteroatoms. The maximum Gasteiger partial charge on any atom is 0.243 e. The zero-order valence-corrected chi connectivity index (χ0v) is 19.8. The fraction of sp³-hybridized carbons (Fsp3) is 0.381. The van der Waals surface area contributed by atoms with Crippen molar-refractivity contribution in [2.24, 2.45) is 5.14 Å². The smallest absolute Gasteiger partial charge is 0.243 e. The molecule has 1 amide bonds. The number of primary sulfonamides is 1. The lowest BCUT2D eigenvalue weighted by Gasteiger charge is -2.22. The lowest BCUT2D eigenvalue weighted by molar-refractivity contribution is -0.122. The van der Waals surface area contributed by atoms with E-state index in [2.05, 4.69) is 5.32 Å². The minimum atomic E-state index is -3.78. The van der Waals surface area contributed by atoms with E-state index < -0.39 is 25.9 Å². The molecule has 0 radical (unpaired) electrons. The van der Waals surface area contributed by atoms with Gasteiger partial charge in [-0.15, -0.1) is 0 Å². The third-order valence-corrected chi connectivity index (χ3v) is 8.29. The van der Waals surface area contributed by atoms with Gasteiger partial charge >= 0.3 is 0 Å². The summed E-state index contributed by atoms with van der Waals surface area (Å²) in [6.07, 6.45) is 0.554. The van der Waals surface area contributed by atoms with Crippen LogP contribution in [0.4, 0.5) is 4.39 Å². The molecule has 1 aliphatic heterocycles. The van der Waals surface area contributed by atoms with Crippen molar-refractivity contribution in [3.63, 3.8) is 0 Å². The molecule has 3 rings (SSSR count). The van der Waals surface area contributed by atoms with Gasteiger partial charge in [0, 0.05) is 19.6 Å². The molecule has 180 valence electrons. The van der Waals surface area contributed by atoms with Crippen LogP contribution in [-0.4, -0.2) is 64.7 Å². The Morgan fingerprint density at radius 2 is 1.58 bits per heavy atom. The summed E-state index contributed by atoms with van der Waals surface area (Å²) in [5.74, 6) is -0.732. The van der Waals surface area contributed by atoms with Crippen LogP contribution in [0, 0.1) is 5.82 Å². The van der Waals surface area contributed by atoms with Gasteiger partial charge in [0.1, 0.15) is 5.82 Å². The van der Waals surface area contributed by atoms with Gasteiger partial charge < -0.3 is 5.32 Å². The van der Waals surface area contributed by atoms with Crippen LogP contribution in [0.3, 0.4) is 0 Å². The van der Waals surface area contributed by atoms with Gasteiger partial charge in [-0.3, -0.25) is 9.69 Å². The predicted octanol–water partition coefficient (Wildman–Crippen LogP) is 1.05. The van der Waals surface area contributed by atoms with Crippen LogP contribution in [0.1, 0.15) is 24.9 Å². The number of hydrogen-bond donors (Lipinski definition) is 2. The zero-order chi connectivity index (χ0) is 24.2. The quantitative estimate of drug-likeness (QED) is 0.587. The summed E-state index contributed by atoms with van der Waals surface area (Å²) in [6, 6.07) is 10.3. The molecule has 1 atom stereocenters. The van der Waals surface area contributed by atoms with Crippen LogP contribution in [0.25, 0.3) is 0 Å². The number of benzene rings is 2. The van der Waals surface area contributed by atoms with Gasteiger partial charge in [0.25, 0.3) is 0 Å². The van der Waals surface area contributed by atoms with E-state index in [1.807, 2.05) is 4.90 Å². The van der Waals surface area contributed by atoms with Crippen LogP contribution in [-0.2, 0) is 24.8 Å². The summed E-state index contributed by atoms with van der Waals surface area (Å²) in [4.78, 5) is 14.4. The zero-order valence-electron chi connectivity index (χ0n) is 18.1. The summed E-state index contributed by atoms with van der Waals surface area (Å²) >= 11 is 0. The highest BCUT2D eigenvalue weighted by Gasteiger charge is 2.27. The molecular formula is C21H27FN4O5S2. The lowest BCUT2D eigenvalue weighted by Crippen LogP contribution is -2.40. The summed E-state index contributed by atoms with van der Waals surface area (Å²) in [6.45, 7) is 3.35. The molecule has 0 aliphatic carbocycles. The number of amides is 1. The van der Waals surface area contributed by atoms with E-state index in [1.54, 1.807) is 19.1 Å². The minimum Gasteiger partial charge on any atom is -0.348 e. The molecule has 1 saturated heterocycles. The fourth-order valence-corrected chi connectivity index (χ4v) is 5.61. The van der Waals surface area contributed by atoms with E-state index in [0.29, 0.717) is 26.1 Å². The standard InChI is InChI=1S/C21H27FN4O5S2/c1-16(17-3-7-19(8-4-17)32(23,28)29)24-21(27)15-25-11-2-12-26(14-13-25)33(30,31)20-9-5-18(22)6-10-20/h3-10,16H,2,11-15H2,1H3,(H,24,27)(H2,23,28,29)/t16-/m0/s1. The Balaban J connectivity index is 1.55. The first-order valence-electron chi connectivity index (χ1n) is 10.4. The average Bonchev–Trinajstić information content (AvgIpc) is 2.99. The molecule has 1 heterocycles. The van der Waals surface area contributed by atoms with Crippen LogP contribution in [0.5, 0.6) is 0 Å². The van der Waals surface area contributed by atoms with Gasteiger partial charge in [-0.1, -0.05) is 12.1 Å². The summed E-state index contributed by atoms with van der Waals surface area (Å²) in [5.41, 5.74) is 0.725. The van der Waals surface area contributed by atoms with Crippen molar-refractivity contribution in [2.45, 2.75) is 29.2 Å². The van der Waals surface area contributed by atoms with Crippen molar-refractivity contribution in [3.05, 3.63) is 59.9 Å². The highest BCUT2D eigenvalue weighted by molar-refractivity contribution is 7.89. The number of nitrogens with zero attached hydrogens (tertiary/aromatic N) is 2. The average molecular weight is 499 g/mol. The Morgan fingerprint density at radius 3 is 2.18 bits per heavy atom. The molecule has 9 nitrogen and oxygen atoms in total. The number of halogens is 1. The first kappa shape index (κ1) is 25.2. The van der Waals surface area contributed by atoms with Crippen molar-refractivity contribution < 1.29 is 26.0 Å². The highest BCUT2D eigenvalue weighted by atomic mass is 32.2. The monoisotopic (exact) mass is 498 g/mol. The van der Waals surface area contributed by atoms with Crippen molar-refractivity contribution in [1.29, 1.82) is 0 Å². The summed E-state index contributed by atoms with van der Waals surface area (Å²) in [7, 11) is -7.52. The third-order valence-electron chi connectivity index (χ3n) is 5.45. The maximum atomic E-state index is 13.1. The fourth-order valence-electron chi connectivity index (χ4n) is 3.62. The van der Waals surface area contributed by atoms with Gasteiger partial charge in [-0.25, -0.2) is 26.4 Å². The maximum absolute atomic E-state index is 13.1. The van der Waals surface area contributed by atoms with Crippen molar-refractivity contribution in [1.82, 2.24) is 14.5 Å². The van der Waals surface area contributed by atoms with E-state index in [1.165, 1.54) is 28.6 Å². The van der Waals surface area contributed by atoms with E-state index in [9.17, 15) is 26.0 Å². The van der Waals surface area contributed by atoms with Crippen LogP contribution < -0.4 is 10.5 Å². The van der Waals surface area contributed by atoms with E-state index >= 15 is 0 Å². The largest absolute Gasteiger partial charge is 0.348 e. The van der Waals surface area contributed by atoms with Crippen LogP contribution >= 0.6 is 0 Å². The normalized spacial score (nSPS) is 17.3. The Kier molecular flexibility index (Phi) is 7.85. The Hall–Kier alpha value is -2.38. The number of carbonyl (C=O) groups excluding carboxylic acids is 1.